The highest BCUT2D eigenvalue weighted by atomic mass is 19.1. The number of hydrogen-bond donors (Lipinski definition) is 1. The summed E-state index contributed by atoms with van der Waals surface area (Å²) in [6.45, 7) is 4.98. The number of hydrogen-bond acceptors (Lipinski definition) is 2. The van der Waals surface area contributed by atoms with E-state index in [0.717, 1.165) is 12.0 Å². The molecule has 1 aromatic carbocycles. The molecule has 2 unspecified atom stereocenters. The molecule has 120 valence electrons. The predicted octanol–water partition coefficient (Wildman–Crippen LogP) is 2.45. The van der Waals surface area contributed by atoms with Gasteiger partial charge in [-0.05, 0) is 30.0 Å². The fourth-order valence-corrected chi connectivity index (χ4v) is 2.76. The maximum absolute atomic E-state index is 13.2. The summed E-state index contributed by atoms with van der Waals surface area (Å²) in [6.07, 6.45) is 1.62. The molecule has 2 rings (SSSR count). The summed E-state index contributed by atoms with van der Waals surface area (Å²) in [6, 6.07) is 6.44. The predicted molar refractivity (Wildman–Crippen MR) is 82.9 cm³/mol. The first kappa shape index (κ1) is 16.5. The van der Waals surface area contributed by atoms with Gasteiger partial charge in [-0.25, -0.2) is 4.39 Å². The van der Waals surface area contributed by atoms with E-state index in [2.05, 4.69) is 5.32 Å². The van der Waals surface area contributed by atoms with Crippen molar-refractivity contribution in [2.24, 2.45) is 0 Å². The van der Waals surface area contributed by atoms with E-state index in [-0.39, 0.29) is 29.6 Å². The summed E-state index contributed by atoms with van der Waals surface area (Å²) in [5, 5.41) is 2.92. The highest BCUT2D eigenvalue weighted by Crippen LogP contribution is 2.22. The van der Waals surface area contributed by atoms with Crippen molar-refractivity contribution in [3.63, 3.8) is 0 Å². The lowest BCUT2D eigenvalue weighted by molar-refractivity contribution is -0.131. The highest BCUT2D eigenvalue weighted by Gasteiger charge is 2.27. The van der Waals surface area contributed by atoms with Gasteiger partial charge in [0, 0.05) is 32.0 Å². The molecular weight excluding hydrogens is 283 g/mol. The van der Waals surface area contributed by atoms with E-state index in [1.807, 2.05) is 19.9 Å². The largest absolute Gasteiger partial charge is 0.352 e. The van der Waals surface area contributed by atoms with Crippen molar-refractivity contribution in [3.05, 3.63) is 35.6 Å². The van der Waals surface area contributed by atoms with Crippen LogP contribution in [0, 0.1) is 5.82 Å². The lowest BCUT2D eigenvalue weighted by Gasteiger charge is -2.19. The second-order valence-corrected chi connectivity index (χ2v) is 5.91. The first-order chi connectivity index (χ1) is 10.5. The Balaban J connectivity index is 1.86. The van der Waals surface area contributed by atoms with Crippen LogP contribution in [0.2, 0.25) is 0 Å². The Hall–Kier alpha value is -1.91. The zero-order valence-corrected chi connectivity index (χ0v) is 13.1. The normalized spacial score (nSPS) is 19.0. The lowest BCUT2D eigenvalue weighted by Crippen LogP contribution is -2.38. The van der Waals surface area contributed by atoms with Crippen molar-refractivity contribution in [1.29, 1.82) is 0 Å². The fourth-order valence-electron chi connectivity index (χ4n) is 2.76. The average molecular weight is 306 g/mol. The summed E-state index contributed by atoms with van der Waals surface area (Å²) in [5.41, 5.74) is 0.836. The molecule has 2 atom stereocenters. The second-order valence-electron chi connectivity index (χ2n) is 5.91. The number of benzene rings is 1. The minimum atomic E-state index is -0.277. The van der Waals surface area contributed by atoms with E-state index in [1.54, 1.807) is 11.0 Å². The Kier molecular flexibility index (Phi) is 5.52. The standard InChI is InChI=1S/C17H23FN2O2/c1-3-16(21)19-15-7-8-20(11-15)17(22)9-12(2)13-5-4-6-14(18)10-13/h4-6,10,12,15H,3,7-9,11H2,1-2H3,(H,19,21). The van der Waals surface area contributed by atoms with E-state index in [1.165, 1.54) is 12.1 Å². The number of amides is 2. The van der Waals surface area contributed by atoms with E-state index < -0.39 is 0 Å². The van der Waals surface area contributed by atoms with E-state index in [4.69, 9.17) is 0 Å². The molecule has 0 bridgehead atoms. The molecule has 1 fully saturated rings. The van der Waals surface area contributed by atoms with Crippen molar-refractivity contribution in [2.45, 2.75) is 45.1 Å². The first-order valence-corrected chi connectivity index (χ1v) is 7.82. The van der Waals surface area contributed by atoms with Crippen LogP contribution in [0.1, 0.15) is 44.6 Å². The van der Waals surface area contributed by atoms with Crippen molar-refractivity contribution in [3.8, 4) is 0 Å². The molecule has 0 aromatic heterocycles. The lowest BCUT2D eigenvalue weighted by atomic mass is 9.97. The van der Waals surface area contributed by atoms with Crippen LogP contribution < -0.4 is 5.32 Å². The quantitative estimate of drug-likeness (QED) is 0.908. The van der Waals surface area contributed by atoms with Crippen LogP contribution in [0.15, 0.2) is 24.3 Å². The number of likely N-dealkylation sites (tertiary alicyclic amines) is 1. The molecule has 5 heteroatoms. The SMILES string of the molecule is CCC(=O)NC1CCN(C(=O)CC(C)c2cccc(F)c2)C1. The van der Waals surface area contributed by atoms with Gasteiger partial charge >= 0.3 is 0 Å². The molecule has 1 aliphatic heterocycles. The van der Waals surface area contributed by atoms with Crippen LogP contribution in [0.25, 0.3) is 0 Å². The molecule has 2 amide bonds. The van der Waals surface area contributed by atoms with Crippen LogP contribution in [-0.2, 0) is 9.59 Å². The molecule has 1 saturated heterocycles. The zero-order chi connectivity index (χ0) is 16.1. The Labute approximate surface area is 130 Å². The maximum atomic E-state index is 13.2. The topological polar surface area (TPSA) is 49.4 Å². The van der Waals surface area contributed by atoms with Gasteiger partial charge < -0.3 is 10.2 Å². The number of halogens is 1. The molecule has 1 N–H and O–H groups in total. The van der Waals surface area contributed by atoms with Gasteiger partial charge in [-0.3, -0.25) is 9.59 Å². The third kappa shape index (κ3) is 4.29. The molecular formula is C17H23FN2O2. The number of rotatable bonds is 5. The summed E-state index contributed by atoms with van der Waals surface area (Å²) in [7, 11) is 0. The van der Waals surface area contributed by atoms with E-state index in [9.17, 15) is 14.0 Å². The third-order valence-corrected chi connectivity index (χ3v) is 4.13. The van der Waals surface area contributed by atoms with Gasteiger partial charge in [0.1, 0.15) is 5.82 Å². The summed E-state index contributed by atoms with van der Waals surface area (Å²) in [5.74, 6) is -0.217. The number of carbonyl (C=O) groups excluding carboxylic acids is 2. The molecule has 1 aliphatic rings. The van der Waals surface area contributed by atoms with Gasteiger partial charge in [0.25, 0.3) is 0 Å². The number of carbonyl (C=O) groups is 2. The Morgan fingerprint density at radius 2 is 2.23 bits per heavy atom. The molecule has 1 aromatic rings. The van der Waals surface area contributed by atoms with Gasteiger partial charge in [-0.2, -0.15) is 0 Å². The van der Waals surface area contributed by atoms with Crippen molar-refractivity contribution >= 4 is 11.8 Å². The van der Waals surface area contributed by atoms with Gasteiger partial charge in [0.15, 0.2) is 0 Å². The molecule has 0 aliphatic carbocycles. The van der Waals surface area contributed by atoms with Gasteiger partial charge in [-0.15, -0.1) is 0 Å². The molecule has 22 heavy (non-hydrogen) atoms. The van der Waals surface area contributed by atoms with Gasteiger partial charge in [-0.1, -0.05) is 26.0 Å². The zero-order valence-electron chi connectivity index (χ0n) is 13.1. The van der Waals surface area contributed by atoms with Gasteiger partial charge in [0.05, 0.1) is 0 Å². The maximum Gasteiger partial charge on any atom is 0.223 e. The minimum Gasteiger partial charge on any atom is -0.352 e. The molecule has 0 spiro atoms. The molecule has 1 heterocycles. The van der Waals surface area contributed by atoms with Crippen molar-refractivity contribution in [1.82, 2.24) is 10.2 Å². The highest BCUT2D eigenvalue weighted by molar-refractivity contribution is 5.78. The Bertz CT molecular complexity index is 547. The Morgan fingerprint density at radius 1 is 1.45 bits per heavy atom. The summed E-state index contributed by atoms with van der Waals surface area (Å²) in [4.78, 5) is 25.5. The number of nitrogens with one attached hydrogen (secondary N) is 1. The van der Waals surface area contributed by atoms with Crippen LogP contribution in [0.4, 0.5) is 4.39 Å². The Morgan fingerprint density at radius 3 is 2.91 bits per heavy atom. The van der Waals surface area contributed by atoms with Gasteiger partial charge in [0.2, 0.25) is 11.8 Å². The molecule has 0 radical (unpaired) electrons. The smallest absolute Gasteiger partial charge is 0.223 e. The second kappa shape index (κ2) is 7.38. The van der Waals surface area contributed by atoms with Crippen molar-refractivity contribution in [2.75, 3.05) is 13.1 Å². The minimum absolute atomic E-state index is 0.0208. The molecule has 0 saturated carbocycles. The third-order valence-electron chi connectivity index (χ3n) is 4.13. The fraction of sp³-hybridized carbons (Fsp3) is 0.529. The van der Waals surface area contributed by atoms with Crippen LogP contribution >= 0.6 is 0 Å². The van der Waals surface area contributed by atoms with Crippen LogP contribution in [0.3, 0.4) is 0 Å². The van der Waals surface area contributed by atoms with Crippen LogP contribution in [-0.4, -0.2) is 35.8 Å². The summed E-state index contributed by atoms with van der Waals surface area (Å²) < 4.78 is 13.2. The summed E-state index contributed by atoms with van der Waals surface area (Å²) >= 11 is 0. The van der Waals surface area contributed by atoms with E-state index >= 15 is 0 Å². The van der Waals surface area contributed by atoms with Crippen LogP contribution in [0.5, 0.6) is 0 Å². The first-order valence-electron chi connectivity index (χ1n) is 7.82. The van der Waals surface area contributed by atoms with Crippen molar-refractivity contribution < 1.29 is 14.0 Å². The average Bonchev–Trinajstić information content (AvgIpc) is 2.95. The van der Waals surface area contributed by atoms with E-state index in [0.29, 0.717) is 25.9 Å². The monoisotopic (exact) mass is 306 g/mol. The number of nitrogens with zero attached hydrogens (tertiary/aromatic N) is 1. The molecule has 4 nitrogen and oxygen atoms in total.